The third kappa shape index (κ3) is 3.14. The van der Waals surface area contributed by atoms with Gasteiger partial charge >= 0.3 is 0 Å². The summed E-state index contributed by atoms with van der Waals surface area (Å²) in [5.74, 6) is 0.0973. The van der Waals surface area contributed by atoms with Crippen LogP contribution in [0.4, 0.5) is 5.69 Å². The minimum Gasteiger partial charge on any atom is -0.385 e. The number of nitrogens with zero attached hydrogens (tertiary/aromatic N) is 1. The summed E-state index contributed by atoms with van der Waals surface area (Å²) in [6.45, 7) is 1.63. The highest BCUT2D eigenvalue weighted by Crippen LogP contribution is 2.27. The number of rotatable bonds is 3. The molecule has 0 unspecified atom stereocenters. The molecule has 0 atom stereocenters. The molecule has 5 heteroatoms. The monoisotopic (exact) mass is 364 g/mol. The van der Waals surface area contributed by atoms with Gasteiger partial charge in [-0.1, -0.05) is 6.07 Å². The highest BCUT2D eigenvalue weighted by molar-refractivity contribution is 9.10. The van der Waals surface area contributed by atoms with Gasteiger partial charge in [0, 0.05) is 39.6 Å². The Morgan fingerprint density at radius 1 is 1.48 bits per heavy atom. The van der Waals surface area contributed by atoms with Crippen LogP contribution in [0.2, 0.25) is 0 Å². The fraction of sp³-hybridized carbons (Fsp3) is 0.312. The third-order valence-electron chi connectivity index (χ3n) is 3.69. The number of thiophene rings is 1. The number of hydrogen-bond donors (Lipinski definition) is 1. The van der Waals surface area contributed by atoms with E-state index in [4.69, 9.17) is 0 Å². The van der Waals surface area contributed by atoms with Crippen LogP contribution in [0.5, 0.6) is 0 Å². The summed E-state index contributed by atoms with van der Waals surface area (Å²) in [5, 5.41) is 5.42. The van der Waals surface area contributed by atoms with Crippen LogP contribution >= 0.6 is 27.3 Å². The van der Waals surface area contributed by atoms with Crippen molar-refractivity contribution in [2.24, 2.45) is 0 Å². The van der Waals surface area contributed by atoms with E-state index < -0.39 is 0 Å². The average Bonchev–Trinajstić information content (AvgIpc) is 2.91. The maximum atomic E-state index is 12.7. The molecule has 0 bridgehead atoms. The first-order chi connectivity index (χ1) is 10.1. The van der Waals surface area contributed by atoms with Crippen LogP contribution in [0.25, 0.3) is 0 Å². The van der Waals surface area contributed by atoms with E-state index in [0.29, 0.717) is 6.54 Å². The van der Waals surface area contributed by atoms with E-state index in [0.717, 1.165) is 40.7 Å². The second-order valence-corrected chi connectivity index (χ2v) is 7.17. The van der Waals surface area contributed by atoms with Gasteiger partial charge < -0.3 is 10.2 Å². The number of halogens is 1. The Morgan fingerprint density at radius 3 is 3.10 bits per heavy atom. The van der Waals surface area contributed by atoms with Crippen molar-refractivity contribution in [1.82, 2.24) is 4.90 Å². The lowest BCUT2D eigenvalue weighted by molar-refractivity contribution is 0.0785. The smallest absolute Gasteiger partial charge is 0.254 e. The Hall–Kier alpha value is -1.33. The zero-order chi connectivity index (χ0) is 14.8. The summed E-state index contributed by atoms with van der Waals surface area (Å²) in [6, 6.07) is 8.02. The van der Waals surface area contributed by atoms with Gasteiger partial charge in [0.25, 0.3) is 5.91 Å². The second-order valence-electron chi connectivity index (χ2n) is 5.25. The van der Waals surface area contributed by atoms with E-state index in [1.165, 1.54) is 4.88 Å². The van der Waals surface area contributed by atoms with E-state index in [-0.39, 0.29) is 5.91 Å². The number of nitrogens with one attached hydrogen (secondary N) is 1. The summed E-state index contributed by atoms with van der Waals surface area (Å²) >= 11 is 5.12. The largest absolute Gasteiger partial charge is 0.385 e. The van der Waals surface area contributed by atoms with Gasteiger partial charge in [0.2, 0.25) is 0 Å². The topological polar surface area (TPSA) is 32.3 Å². The van der Waals surface area contributed by atoms with Gasteiger partial charge in [0.1, 0.15) is 0 Å². The molecule has 0 saturated carbocycles. The van der Waals surface area contributed by atoms with Gasteiger partial charge in [0.05, 0.1) is 6.54 Å². The Morgan fingerprint density at radius 2 is 2.33 bits per heavy atom. The number of fused-ring (bicyclic) bond motifs is 1. The van der Waals surface area contributed by atoms with Crippen molar-refractivity contribution < 1.29 is 4.79 Å². The van der Waals surface area contributed by atoms with Crippen molar-refractivity contribution >= 4 is 38.9 Å². The quantitative estimate of drug-likeness (QED) is 0.887. The summed E-state index contributed by atoms with van der Waals surface area (Å²) in [4.78, 5) is 15.7. The molecule has 2 heterocycles. The third-order valence-corrected chi connectivity index (χ3v) is 5.37. The minimum absolute atomic E-state index is 0.0973. The summed E-state index contributed by atoms with van der Waals surface area (Å²) in [6.07, 6.45) is 2.06. The van der Waals surface area contributed by atoms with Crippen molar-refractivity contribution in [2.75, 3.05) is 18.9 Å². The molecule has 3 nitrogen and oxygen atoms in total. The van der Waals surface area contributed by atoms with E-state index in [9.17, 15) is 4.79 Å². The maximum Gasteiger partial charge on any atom is 0.254 e. The molecule has 0 spiro atoms. The lowest BCUT2D eigenvalue weighted by atomic mass is 9.97. The standard InChI is InChI=1S/C16H17BrN2OS/c1-19(9-12-8-11(17)10-21-12)16(20)14-4-2-6-15-13(14)5-3-7-18-15/h2,4,6,8,10,18H,3,5,7,9H2,1H3. The molecule has 0 aliphatic carbocycles. The van der Waals surface area contributed by atoms with Gasteiger partial charge in [-0.3, -0.25) is 4.79 Å². The van der Waals surface area contributed by atoms with Crippen molar-refractivity contribution in [3.8, 4) is 0 Å². The first-order valence-corrected chi connectivity index (χ1v) is 8.66. The van der Waals surface area contributed by atoms with Crippen molar-refractivity contribution in [2.45, 2.75) is 19.4 Å². The molecule has 1 amide bonds. The van der Waals surface area contributed by atoms with Gasteiger partial charge in [-0.25, -0.2) is 0 Å². The fourth-order valence-corrected chi connectivity index (χ4v) is 4.16. The van der Waals surface area contributed by atoms with Gasteiger partial charge in [-0.05, 0) is 52.5 Å². The van der Waals surface area contributed by atoms with Crippen molar-refractivity contribution in [1.29, 1.82) is 0 Å². The molecular weight excluding hydrogens is 348 g/mol. The Bertz CT molecular complexity index is 668. The average molecular weight is 365 g/mol. The van der Waals surface area contributed by atoms with E-state index in [1.807, 2.05) is 24.6 Å². The molecule has 0 saturated heterocycles. The number of anilines is 1. The fourth-order valence-electron chi connectivity index (χ4n) is 2.66. The molecule has 0 radical (unpaired) electrons. The molecule has 1 aliphatic rings. The van der Waals surface area contributed by atoms with Crippen molar-refractivity contribution in [3.63, 3.8) is 0 Å². The molecule has 21 heavy (non-hydrogen) atoms. The lowest BCUT2D eigenvalue weighted by Crippen LogP contribution is -2.28. The minimum atomic E-state index is 0.0973. The van der Waals surface area contributed by atoms with Gasteiger partial charge in [0.15, 0.2) is 0 Å². The number of amides is 1. The molecule has 1 aromatic carbocycles. The predicted octanol–water partition coefficient (Wildman–Crippen LogP) is 4.14. The van der Waals surface area contributed by atoms with E-state index >= 15 is 0 Å². The molecule has 0 fully saturated rings. The molecular formula is C16H17BrN2OS. The SMILES string of the molecule is CN(Cc1cc(Br)cs1)C(=O)c1cccc2c1CCCN2. The Balaban J connectivity index is 1.81. The molecule has 1 aromatic heterocycles. The van der Waals surface area contributed by atoms with Crippen molar-refractivity contribution in [3.05, 3.63) is 50.1 Å². The van der Waals surface area contributed by atoms with Crippen LogP contribution in [-0.2, 0) is 13.0 Å². The summed E-state index contributed by atoms with van der Waals surface area (Å²) in [7, 11) is 1.87. The summed E-state index contributed by atoms with van der Waals surface area (Å²) in [5.41, 5.74) is 3.10. The zero-order valence-electron chi connectivity index (χ0n) is 11.9. The first kappa shape index (κ1) is 14.6. The maximum absolute atomic E-state index is 12.7. The number of hydrogen-bond acceptors (Lipinski definition) is 3. The molecule has 2 aromatic rings. The Labute approximate surface area is 137 Å². The predicted molar refractivity (Wildman–Crippen MR) is 91.1 cm³/mol. The number of carbonyl (C=O) groups excluding carboxylic acids is 1. The highest BCUT2D eigenvalue weighted by atomic mass is 79.9. The molecule has 1 aliphatic heterocycles. The lowest BCUT2D eigenvalue weighted by Gasteiger charge is -2.23. The van der Waals surface area contributed by atoms with Gasteiger partial charge in [-0.2, -0.15) is 0 Å². The summed E-state index contributed by atoms with van der Waals surface area (Å²) < 4.78 is 1.07. The molecule has 110 valence electrons. The second kappa shape index (κ2) is 6.20. The number of carbonyl (C=O) groups is 1. The van der Waals surface area contributed by atoms with Crippen LogP contribution in [0.15, 0.2) is 34.1 Å². The first-order valence-electron chi connectivity index (χ1n) is 6.99. The van der Waals surface area contributed by atoms with Crippen LogP contribution in [0.1, 0.15) is 27.2 Å². The normalized spacial score (nSPS) is 13.4. The van der Waals surface area contributed by atoms with E-state index in [2.05, 4.69) is 33.4 Å². The molecule has 3 rings (SSSR count). The van der Waals surface area contributed by atoms with Crippen LogP contribution in [0, 0.1) is 0 Å². The molecule has 1 N–H and O–H groups in total. The van der Waals surface area contributed by atoms with Crippen LogP contribution in [0.3, 0.4) is 0 Å². The van der Waals surface area contributed by atoms with Crippen LogP contribution < -0.4 is 5.32 Å². The van der Waals surface area contributed by atoms with Crippen LogP contribution in [-0.4, -0.2) is 24.4 Å². The number of benzene rings is 1. The van der Waals surface area contributed by atoms with E-state index in [1.54, 1.807) is 16.2 Å². The Kier molecular flexibility index (Phi) is 4.31. The zero-order valence-corrected chi connectivity index (χ0v) is 14.3. The van der Waals surface area contributed by atoms with Gasteiger partial charge in [-0.15, -0.1) is 11.3 Å². The highest BCUT2D eigenvalue weighted by Gasteiger charge is 2.20.